The van der Waals surface area contributed by atoms with Crippen LogP contribution in [0.2, 0.25) is 0 Å². The van der Waals surface area contributed by atoms with Crippen LogP contribution in [0.5, 0.6) is 0 Å². The Bertz CT molecular complexity index is 461. The minimum atomic E-state index is -3.36. The largest absolute Gasteiger partial charge is 1.00 e. The summed E-state index contributed by atoms with van der Waals surface area (Å²) >= 11 is 0. The van der Waals surface area contributed by atoms with E-state index in [2.05, 4.69) is 4.72 Å². The molecular weight excluding hydrogens is 288 g/mol. The third-order valence-electron chi connectivity index (χ3n) is 3.02. The number of rotatable bonds is 5. The predicted octanol–water partition coefficient (Wildman–Crippen LogP) is -4.12. The fourth-order valence-electron chi connectivity index (χ4n) is 1.96. The van der Waals surface area contributed by atoms with Gasteiger partial charge in [-0.2, -0.15) is 0 Å². The van der Waals surface area contributed by atoms with Gasteiger partial charge in [0.05, 0.1) is 31.2 Å². The molecule has 2 N–H and O–H groups in total. The van der Waals surface area contributed by atoms with Crippen LogP contribution in [0.15, 0.2) is 35.2 Å². The van der Waals surface area contributed by atoms with Crippen molar-refractivity contribution in [1.29, 1.82) is 0 Å². The number of morpholine rings is 1. The molecule has 1 aliphatic heterocycles. The monoisotopic (exact) mass is 306 g/mol. The number of ether oxygens (including phenoxy) is 1. The Kier molecular flexibility index (Phi) is 6.74. The first kappa shape index (κ1) is 16.4. The minimum absolute atomic E-state index is 0. The number of halogens is 1. The number of sulfonamides is 1. The zero-order chi connectivity index (χ0) is 12.8. The molecule has 1 aromatic carbocycles. The summed E-state index contributed by atoms with van der Waals surface area (Å²) in [5, 5.41) is 0. The lowest BCUT2D eigenvalue weighted by Gasteiger charge is -2.23. The van der Waals surface area contributed by atoms with Crippen LogP contribution in [0.1, 0.15) is 0 Å². The molecule has 0 spiro atoms. The van der Waals surface area contributed by atoms with E-state index in [0.717, 1.165) is 32.8 Å². The van der Waals surface area contributed by atoms with Crippen molar-refractivity contribution >= 4 is 10.0 Å². The van der Waals surface area contributed by atoms with E-state index in [1.54, 1.807) is 30.3 Å². The van der Waals surface area contributed by atoms with Crippen molar-refractivity contribution in [2.45, 2.75) is 4.90 Å². The van der Waals surface area contributed by atoms with Crippen molar-refractivity contribution in [3.8, 4) is 0 Å². The predicted molar refractivity (Wildman–Crippen MR) is 68.0 cm³/mol. The molecule has 19 heavy (non-hydrogen) atoms. The van der Waals surface area contributed by atoms with Crippen LogP contribution < -0.4 is 22.0 Å². The van der Waals surface area contributed by atoms with Crippen molar-refractivity contribution in [3.63, 3.8) is 0 Å². The number of hydrogen-bond donors (Lipinski definition) is 2. The molecule has 0 aromatic heterocycles. The SMILES string of the molecule is O=S(=O)(NCC[NH+]1CCOCC1)c1ccccc1.[Cl-]. The summed E-state index contributed by atoms with van der Waals surface area (Å²) in [6.07, 6.45) is 0. The summed E-state index contributed by atoms with van der Waals surface area (Å²) in [5.41, 5.74) is 0. The average Bonchev–Trinajstić information content (AvgIpc) is 2.41. The van der Waals surface area contributed by atoms with E-state index in [-0.39, 0.29) is 12.4 Å². The van der Waals surface area contributed by atoms with E-state index in [1.165, 1.54) is 4.90 Å². The smallest absolute Gasteiger partial charge is 0.240 e. The highest BCUT2D eigenvalue weighted by Gasteiger charge is 2.16. The Hall–Kier alpha value is -0.660. The van der Waals surface area contributed by atoms with Gasteiger partial charge >= 0.3 is 0 Å². The van der Waals surface area contributed by atoms with Crippen molar-refractivity contribution in [3.05, 3.63) is 30.3 Å². The summed E-state index contributed by atoms with van der Waals surface area (Å²) < 4.78 is 31.7. The molecule has 5 nitrogen and oxygen atoms in total. The van der Waals surface area contributed by atoms with Gasteiger partial charge in [0, 0.05) is 0 Å². The lowest BCUT2D eigenvalue weighted by Crippen LogP contribution is -3.14. The van der Waals surface area contributed by atoms with Crippen LogP contribution in [-0.4, -0.2) is 47.8 Å². The molecule has 0 bridgehead atoms. The molecule has 0 aliphatic carbocycles. The van der Waals surface area contributed by atoms with Gasteiger partial charge < -0.3 is 22.0 Å². The highest BCUT2D eigenvalue weighted by molar-refractivity contribution is 7.89. The standard InChI is InChI=1S/C12H18N2O3S.ClH/c15-18(16,12-4-2-1-3-5-12)13-6-7-14-8-10-17-11-9-14;/h1-5,13H,6-11H2;1H. The molecule has 1 heterocycles. The van der Waals surface area contributed by atoms with E-state index in [1.807, 2.05) is 0 Å². The highest BCUT2D eigenvalue weighted by atomic mass is 35.5. The Morgan fingerprint density at radius 3 is 2.42 bits per heavy atom. The van der Waals surface area contributed by atoms with E-state index in [9.17, 15) is 8.42 Å². The van der Waals surface area contributed by atoms with Crippen LogP contribution in [0.4, 0.5) is 0 Å². The van der Waals surface area contributed by atoms with E-state index >= 15 is 0 Å². The number of quaternary nitrogens is 1. The molecule has 1 fully saturated rings. The maximum absolute atomic E-state index is 11.9. The van der Waals surface area contributed by atoms with Gasteiger partial charge in [-0.25, -0.2) is 13.1 Å². The second kappa shape index (κ2) is 7.81. The van der Waals surface area contributed by atoms with Crippen LogP contribution in [0.25, 0.3) is 0 Å². The van der Waals surface area contributed by atoms with Gasteiger partial charge in [-0.15, -0.1) is 0 Å². The molecule has 0 saturated carbocycles. The quantitative estimate of drug-likeness (QED) is 0.581. The topological polar surface area (TPSA) is 59.8 Å². The maximum atomic E-state index is 11.9. The lowest BCUT2D eigenvalue weighted by molar-refractivity contribution is -0.906. The first-order valence-electron chi connectivity index (χ1n) is 6.14. The van der Waals surface area contributed by atoms with E-state index in [0.29, 0.717) is 11.4 Å². The number of hydrogen-bond acceptors (Lipinski definition) is 3. The van der Waals surface area contributed by atoms with Gasteiger partial charge in [-0.3, -0.25) is 0 Å². The zero-order valence-corrected chi connectivity index (χ0v) is 12.2. The van der Waals surface area contributed by atoms with Crippen LogP contribution in [-0.2, 0) is 14.8 Å². The molecular formula is C12H19ClN2O3S. The molecule has 0 unspecified atom stereocenters. The summed E-state index contributed by atoms with van der Waals surface area (Å²) in [6, 6.07) is 8.45. The second-order valence-electron chi connectivity index (χ2n) is 4.32. The Morgan fingerprint density at radius 1 is 1.16 bits per heavy atom. The molecule has 1 aromatic rings. The lowest BCUT2D eigenvalue weighted by atomic mass is 10.4. The highest BCUT2D eigenvalue weighted by Crippen LogP contribution is 2.05. The Balaban J connectivity index is 0.00000180. The second-order valence-corrected chi connectivity index (χ2v) is 6.09. The van der Waals surface area contributed by atoms with Crippen LogP contribution >= 0.6 is 0 Å². The Morgan fingerprint density at radius 2 is 1.79 bits per heavy atom. The third-order valence-corrected chi connectivity index (χ3v) is 4.50. The first-order chi connectivity index (χ1) is 8.68. The number of benzene rings is 1. The summed E-state index contributed by atoms with van der Waals surface area (Å²) in [7, 11) is -3.36. The van der Waals surface area contributed by atoms with Gasteiger partial charge in [0.2, 0.25) is 10.0 Å². The fraction of sp³-hybridized carbons (Fsp3) is 0.500. The summed E-state index contributed by atoms with van der Waals surface area (Å²) in [4.78, 5) is 1.71. The maximum Gasteiger partial charge on any atom is 0.240 e. The molecule has 1 saturated heterocycles. The molecule has 108 valence electrons. The van der Waals surface area contributed by atoms with Gasteiger partial charge in [0.1, 0.15) is 13.1 Å². The van der Waals surface area contributed by atoms with Gasteiger partial charge in [-0.1, -0.05) is 18.2 Å². The van der Waals surface area contributed by atoms with Gasteiger partial charge in [0.25, 0.3) is 0 Å². The third kappa shape index (κ3) is 5.08. The van der Waals surface area contributed by atoms with Crippen LogP contribution in [0, 0.1) is 0 Å². The average molecular weight is 307 g/mol. The molecule has 2 rings (SSSR count). The molecule has 1 aliphatic rings. The molecule has 7 heteroatoms. The minimum Gasteiger partial charge on any atom is -1.00 e. The van der Waals surface area contributed by atoms with Crippen molar-refractivity contribution in [1.82, 2.24) is 4.72 Å². The van der Waals surface area contributed by atoms with E-state index < -0.39 is 10.0 Å². The fourth-order valence-corrected chi connectivity index (χ4v) is 3.01. The normalized spacial score (nSPS) is 16.8. The summed E-state index contributed by atoms with van der Waals surface area (Å²) in [6.45, 7) is 4.70. The Labute approximate surface area is 120 Å². The zero-order valence-electron chi connectivity index (χ0n) is 10.6. The molecule has 0 amide bonds. The van der Waals surface area contributed by atoms with Crippen molar-refractivity contribution in [2.75, 3.05) is 39.4 Å². The van der Waals surface area contributed by atoms with Crippen molar-refractivity contribution < 1.29 is 30.5 Å². The molecule has 0 radical (unpaired) electrons. The first-order valence-corrected chi connectivity index (χ1v) is 7.63. The van der Waals surface area contributed by atoms with E-state index in [4.69, 9.17) is 4.74 Å². The number of nitrogens with one attached hydrogen (secondary N) is 2. The van der Waals surface area contributed by atoms with Gasteiger partial charge in [-0.05, 0) is 12.1 Å². The summed E-state index contributed by atoms with van der Waals surface area (Å²) in [5.74, 6) is 0. The van der Waals surface area contributed by atoms with Crippen LogP contribution in [0.3, 0.4) is 0 Å². The van der Waals surface area contributed by atoms with Crippen molar-refractivity contribution in [2.24, 2.45) is 0 Å². The molecule has 0 atom stereocenters. The van der Waals surface area contributed by atoms with Gasteiger partial charge in [0.15, 0.2) is 0 Å².